The zero-order chi connectivity index (χ0) is 13.1. The van der Waals surface area contributed by atoms with Crippen LogP contribution in [0.2, 0.25) is 0 Å². The number of halogens is 5. The van der Waals surface area contributed by atoms with E-state index in [2.05, 4.69) is 20.7 Å². The molecule has 1 aromatic carbocycles. The van der Waals surface area contributed by atoms with E-state index in [0.717, 1.165) is 6.07 Å². The molecular weight excluding hydrogens is 324 g/mol. The Labute approximate surface area is 109 Å². The van der Waals surface area contributed by atoms with E-state index in [0.29, 0.717) is 4.47 Å². The van der Waals surface area contributed by atoms with Crippen molar-refractivity contribution in [3.63, 3.8) is 0 Å². The number of benzene rings is 1. The van der Waals surface area contributed by atoms with Crippen LogP contribution in [0.3, 0.4) is 0 Å². The molecule has 0 fully saturated rings. The average Bonchev–Trinajstić information content (AvgIpc) is 2.15. The first-order valence-electron chi connectivity index (χ1n) is 4.48. The van der Waals surface area contributed by atoms with Crippen molar-refractivity contribution in [1.29, 1.82) is 0 Å². The predicted octanol–water partition coefficient (Wildman–Crippen LogP) is 4.16. The standard InChI is InChI=1S/C10H7BrClF3O2/c11-6-1-2-7(8(16)3-4-12)9(5-6)17-10(13,14)15/h1-2,5H,3-4H2. The van der Waals surface area contributed by atoms with Gasteiger partial charge in [-0.05, 0) is 18.2 Å². The minimum atomic E-state index is -4.84. The summed E-state index contributed by atoms with van der Waals surface area (Å²) in [6.07, 6.45) is -4.88. The van der Waals surface area contributed by atoms with Gasteiger partial charge >= 0.3 is 6.36 Å². The van der Waals surface area contributed by atoms with E-state index < -0.39 is 17.9 Å². The second kappa shape index (κ2) is 5.73. The summed E-state index contributed by atoms with van der Waals surface area (Å²) in [6.45, 7) is 0. The Morgan fingerprint density at radius 2 is 2.06 bits per heavy atom. The maximum Gasteiger partial charge on any atom is 0.573 e. The fourth-order valence-electron chi connectivity index (χ4n) is 1.16. The van der Waals surface area contributed by atoms with Crippen molar-refractivity contribution < 1.29 is 22.7 Å². The lowest BCUT2D eigenvalue weighted by Gasteiger charge is -2.12. The van der Waals surface area contributed by atoms with Crippen molar-refractivity contribution in [2.75, 3.05) is 5.88 Å². The lowest BCUT2D eigenvalue weighted by Crippen LogP contribution is -2.19. The summed E-state index contributed by atoms with van der Waals surface area (Å²) in [5.41, 5.74) is -0.133. The van der Waals surface area contributed by atoms with Crippen molar-refractivity contribution in [3.8, 4) is 5.75 Å². The highest BCUT2D eigenvalue weighted by Crippen LogP contribution is 2.30. The van der Waals surface area contributed by atoms with Gasteiger partial charge in [0.2, 0.25) is 0 Å². The van der Waals surface area contributed by atoms with Gasteiger partial charge in [-0.3, -0.25) is 4.79 Å². The lowest BCUT2D eigenvalue weighted by atomic mass is 10.1. The number of hydrogen-bond donors (Lipinski definition) is 0. The summed E-state index contributed by atoms with van der Waals surface area (Å²) in [4.78, 5) is 11.5. The molecular formula is C10H7BrClF3O2. The van der Waals surface area contributed by atoms with E-state index in [9.17, 15) is 18.0 Å². The molecule has 0 aliphatic rings. The van der Waals surface area contributed by atoms with E-state index in [1.165, 1.54) is 12.1 Å². The highest BCUT2D eigenvalue weighted by molar-refractivity contribution is 9.10. The molecule has 0 amide bonds. The van der Waals surface area contributed by atoms with Crippen LogP contribution in [-0.4, -0.2) is 18.0 Å². The Balaban J connectivity index is 3.08. The van der Waals surface area contributed by atoms with Gasteiger partial charge in [0.25, 0.3) is 0 Å². The number of carbonyl (C=O) groups excluding carboxylic acids is 1. The van der Waals surface area contributed by atoms with E-state index >= 15 is 0 Å². The molecule has 0 atom stereocenters. The van der Waals surface area contributed by atoms with Crippen molar-refractivity contribution >= 4 is 33.3 Å². The molecule has 7 heteroatoms. The molecule has 1 rings (SSSR count). The molecule has 0 spiro atoms. The maximum atomic E-state index is 12.1. The monoisotopic (exact) mass is 330 g/mol. The van der Waals surface area contributed by atoms with Crippen LogP contribution in [0.1, 0.15) is 16.8 Å². The molecule has 0 bridgehead atoms. The first kappa shape index (κ1) is 14.3. The molecule has 17 heavy (non-hydrogen) atoms. The molecule has 1 aromatic rings. The molecule has 0 saturated carbocycles. The summed E-state index contributed by atoms with van der Waals surface area (Å²) in [7, 11) is 0. The van der Waals surface area contributed by atoms with Crippen LogP contribution in [0.15, 0.2) is 22.7 Å². The topological polar surface area (TPSA) is 26.3 Å². The Morgan fingerprint density at radius 3 is 2.59 bits per heavy atom. The van der Waals surface area contributed by atoms with Crippen molar-refractivity contribution in [2.45, 2.75) is 12.8 Å². The minimum absolute atomic E-state index is 0.0420. The van der Waals surface area contributed by atoms with E-state index in [-0.39, 0.29) is 17.9 Å². The molecule has 0 aromatic heterocycles. The van der Waals surface area contributed by atoms with Gasteiger partial charge in [0, 0.05) is 16.8 Å². The summed E-state index contributed by atoms with van der Waals surface area (Å²) in [5.74, 6) is -0.978. The van der Waals surface area contributed by atoms with Crippen molar-refractivity contribution in [3.05, 3.63) is 28.2 Å². The van der Waals surface area contributed by atoms with Gasteiger partial charge in [-0.15, -0.1) is 24.8 Å². The average molecular weight is 332 g/mol. The Morgan fingerprint density at radius 1 is 1.41 bits per heavy atom. The van der Waals surface area contributed by atoms with Crippen LogP contribution in [0.4, 0.5) is 13.2 Å². The third-order valence-corrected chi connectivity index (χ3v) is 2.47. The van der Waals surface area contributed by atoms with Gasteiger partial charge in [-0.25, -0.2) is 0 Å². The Hall–Kier alpha value is -0.750. The first-order chi connectivity index (χ1) is 7.83. The second-order valence-electron chi connectivity index (χ2n) is 3.05. The highest BCUT2D eigenvalue weighted by atomic mass is 79.9. The molecule has 0 heterocycles. The SMILES string of the molecule is O=C(CCCl)c1ccc(Br)cc1OC(F)(F)F. The van der Waals surface area contributed by atoms with E-state index in [1.54, 1.807) is 0 Å². The van der Waals surface area contributed by atoms with E-state index in [4.69, 9.17) is 11.6 Å². The normalized spacial score (nSPS) is 11.4. The molecule has 2 nitrogen and oxygen atoms in total. The molecule has 0 unspecified atom stereocenters. The number of carbonyl (C=O) groups is 1. The van der Waals surface area contributed by atoms with Crippen LogP contribution in [0.25, 0.3) is 0 Å². The maximum absolute atomic E-state index is 12.1. The van der Waals surface area contributed by atoms with Crippen molar-refractivity contribution in [2.24, 2.45) is 0 Å². The van der Waals surface area contributed by atoms with Crippen LogP contribution < -0.4 is 4.74 Å². The molecule has 0 aliphatic carbocycles. The quantitative estimate of drug-likeness (QED) is 0.612. The molecule has 0 saturated heterocycles. The Kier molecular flexibility index (Phi) is 4.82. The van der Waals surface area contributed by atoms with Crippen LogP contribution in [0.5, 0.6) is 5.75 Å². The van der Waals surface area contributed by atoms with Crippen LogP contribution in [0, 0.1) is 0 Å². The largest absolute Gasteiger partial charge is 0.573 e. The number of hydrogen-bond acceptors (Lipinski definition) is 2. The molecule has 0 N–H and O–H groups in total. The van der Waals surface area contributed by atoms with Gasteiger partial charge in [0.05, 0.1) is 5.56 Å². The number of alkyl halides is 4. The minimum Gasteiger partial charge on any atom is -0.405 e. The fourth-order valence-corrected chi connectivity index (χ4v) is 1.67. The first-order valence-corrected chi connectivity index (χ1v) is 5.80. The number of ether oxygens (including phenoxy) is 1. The fraction of sp³-hybridized carbons (Fsp3) is 0.300. The van der Waals surface area contributed by atoms with Crippen molar-refractivity contribution in [1.82, 2.24) is 0 Å². The third kappa shape index (κ3) is 4.55. The predicted molar refractivity (Wildman–Crippen MR) is 60.5 cm³/mol. The van der Waals surface area contributed by atoms with Crippen LogP contribution >= 0.6 is 27.5 Å². The summed E-state index contributed by atoms with van der Waals surface area (Å²) >= 11 is 8.38. The summed E-state index contributed by atoms with van der Waals surface area (Å²) in [5, 5.41) is 0. The van der Waals surface area contributed by atoms with Gasteiger partial charge in [-0.1, -0.05) is 15.9 Å². The number of ketones is 1. The van der Waals surface area contributed by atoms with Gasteiger partial charge in [0.1, 0.15) is 5.75 Å². The van der Waals surface area contributed by atoms with Gasteiger partial charge in [0.15, 0.2) is 5.78 Å². The zero-order valence-electron chi connectivity index (χ0n) is 8.35. The smallest absolute Gasteiger partial charge is 0.405 e. The highest BCUT2D eigenvalue weighted by Gasteiger charge is 2.32. The van der Waals surface area contributed by atoms with Crippen LogP contribution in [-0.2, 0) is 0 Å². The number of Topliss-reactive ketones (excluding diaryl/α,β-unsaturated/α-hetero) is 1. The number of rotatable bonds is 4. The van der Waals surface area contributed by atoms with Gasteiger partial charge < -0.3 is 4.74 Å². The summed E-state index contributed by atoms with van der Waals surface area (Å²) < 4.78 is 40.6. The molecule has 0 aliphatic heterocycles. The molecule has 94 valence electrons. The van der Waals surface area contributed by atoms with E-state index in [1.807, 2.05) is 0 Å². The summed E-state index contributed by atoms with van der Waals surface area (Å²) in [6, 6.07) is 3.82. The molecule has 0 radical (unpaired) electrons. The second-order valence-corrected chi connectivity index (χ2v) is 4.34. The third-order valence-electron chi connectivity index (χ3n) is 1.79. The van der Waals surface area contributed by atoms with Gasteiger partial charge in [-0.2, -0.15) is 0 Å². The Bertz CT molecular complexity index is 421. The lowest BCUT2D eigenvalue weighted by molar-refractivity contribution is -0.274. The zero-order valence-corrected chi connectivity index (χ0v) is 10.7.